The van der Waals surface area contributed by atoms with Gasteiger partial charge >= 0.3 is 0 Å². The van der Waals surface area contributed by atoms with E-state index in [0.717, 1.165) is 19.4 Å². The highest BCUT2D eigenvalue weighted by molar-refractivity contribution is 5.82. The normalized spacial score (nSPS) is 26.2. The monoisotopic (exact) mass is 127 g/mol. The van der Waals surface area contributed by atoms with Gasteiger partial charge in [0.15, 0.2) is 0 Å². The van der Waals surface area contributed by atoms with Crippen LogP contribution in [-0.4, -0.2) is 23.4 Å². The van der Waals surface area contributed by atoms with Crippen LogP contribution in [0.4, 0.5) is 0 Å². The average Bonchev–Trinajstić information content (AvgIpc) is 1.83. The summed E-state index contributed by atoms with van der Waals surface area (Å²) in [6.07, 6.45) is 1.89. The lowest BCUT2D eigenvalue weighted by molar-refractivity contribution is -0.145. The van der Waals surface area contributed by atoms with E-state index in [0.29, 0.717) is 11.9 Å². The Balaban J connectivity index is 2.38. The second-order valence-corrected chi connectivity index (χ2v) is 2.45. The molecule has 0 aromatic carbocycles. The highest BCUT2D eigenvalue weighted by Crippen LogP contribution is 2.20. The van der Waals surface area contributed by atoms with Crippen molar-refractivity contribution in [2.45, 2.75) is 32.7 Å². The van der Waals surface area contributed by atoms with E-state index in [-0.39, 0.29) is 0 Å². The summed E-state index contributed by atoms with van der Waals surface area (Å²) in [6, 6.07) is 0.558. The molecule has 1 rings (SSSR count). The van der Waals surface area contributed by atoms with Gasteiger partial charge in [0, 0.05) is 19.0 Å². The maximum Gasteiger partial charge on any atom is 0.224 e. The number of hydrogen-bond acceptors (Lipinski definition) is 1. The highest BCUT2D eigenvalue weighted by atomic mass is 16.2. The zero-order valence-electron chi connectivity index (χ0n) is 6.05. The third-order valence-electron chi connectivity index (χ3n) is 1.98. The Morgan fingerprint density at radius 2 is 2.33 bits per heavy atom. The number of likely N-dealkylation sites (tertiary alicyclic amines) is 1. The third kappa shape index (κ3) is 0.934. The van der Waals surface area contributed by atoms with E-state index in [1.54, 1.807) is 0 Å². The Kier molecular flexibility index (Phi) is 1.74. The van der Waals surface area contributed by atoms with E-state index in [4.69, 9.17) is 0 Å². The first-order chi connectivity index (χ1) is 4.29. The van der Waals surface area contributed by atoms with E-state index in [2.05, 4.69) is 6.92 Å². The Morgan fingerprint density at radius 1 is 1.67 bits per heavy atom. The summed E-state index contributed by atoms with van der Waals surface area (Å²) >= 11 is 0. The number of amides is 1. The quantitative estimate of drug-likeness (QED) is 0.507. The lowest BCUT2D eigenvalue weighted by atomic mass is 10.00. The van der Waals surface area contributed by atoms with Gasteiger partial charge in [-0.1, -0.05) is 6.92 Å². The standard InChI is InChI=1S/C7H13NO/c1-3-6-5-7(9)8(6)4-2/h6H,3-5H2,1-2H3. The van der Waals surface area contributed by atoms with Crippen LogP contribution in [-0.2, 0) is 4.79 Å². The zero-order valence-corrected chi connectivity index (χ0v) is 6.05. The molecule has 0 aromatic heterocycles. The molecule has 52 valence electrons. The summed E-state index contributed by atoms with van der Waals surface area (Å²) in [5.74, 6) is 0.323. The van der Waals surface area contributed by atoms with Crippen LogP contribution in [0.3, 0.4) is 0 Å². The smallest absolute Gasteiger partial charge is 0.224 e. The van der Waals surface area contributed by atoms with Gasteiger partial charge in [-0.2, -0.15) is 0 Å². The fraction of sp³-hybridized carbons (Fsp3) is 0.857. The minimum Gasteiger partial charge on any atom is -0.339 e. The predicted octanol–water partition coefficient (Wildman–Crippen LogP) is 1.02. The fourth-order valence-corrected chi connectivity index (χ4v) is 1.32. The van der Waals surface area contributed by atoms with Crippen LogP contribution in [0, 0.1) is 0 Å². The predicted molar refractivity (Wildman–Crippen MR) is 36.1 cm³/mol. The molecule has 1 aliphatic rings. The molecule has 9 heavy (non-hydrogen) atoms. The van der Waals surface area contributed by atoms with Gasteiger partial charge in [-0.3, -0.25) is 4.79 Å². The molecular formula is C7H13NO. The molecule has 2 nitrogen and oxygen atoms in total. The highest BCUT2D eigenvalue weighted by Gasteiger charge is 2.32. The first-order valence-electron chi connectivity index (χ1n) is 3.59. The van der Waals surface area contributed by atoms with Gasteiger partial charge in [-0.05, 0) is 13.3 Å². The van der Waals surface area contributed by atoms with Gasteiger partial charge in [-0.15, -0.1) is 0 Å². The van der Waals surface area contributed by atoms with E-state index in [1.807, 2.05) is 11.8 Å². The van der Waals surface area contributed by atoms with Crippen LogP contribution in [0.25, 0.3) is 0 Å². The number of nitrogens with zero attached hydrogens (tertiary/aromatic N) is 1. The largest absolute Gasteiger partial charge is 0.339 e. The molecule has 1 unspecified atom stereocenters. The molecule has 1 saturated heterocycles. The molecule has 1 amide bonds. The van der Waals surface area contributed by atoms with Crippen molar-refractivity contribution in [3.63, 3.8) is 0 Å². The molecule has 0 saturated carbocycles. The first-order valence-corrected chi connectivity index (χ1v) is 3.59. The van der Waals surface area contributed by atoms with Crippen molar-refractivity contribution in [2.75, 3.05) is 6.54 Å². The number of β-lactam (4-membered cyclic amide) rings is 1. The second kappa shape index (κ2) is 2.38. The molecule has 1 atom stereocenters. The fourth-order valence-electron chi connectivity index (χ4n) is 1.32. The Morgan fingerprint density at radius 3 is 2.56 bits per heavy atom. The van der Waals surface area contributed by atoms with Crippen molar-refractivity contribution < 1.29 is 4.79 Å². The molecule has 0 aliphatic carbocycles. The van der Waals surface area contributed by atoms with Crippen molar-refractivity contribution >= 4 is 5.91 Å². The minimum absolute atomic E-state index is 0.323. The van der Waals surface area contributed by atoms with Crippen molar-refractivity contribution in [1.82, 2.24) is 4.90 Å². The van der Waals surface area contributed by atoms with E-state index in [1.165, 1.54) is 0 Å². The maximum absolute atomic E-state index is 10.8. The van der Waals surface area contributed by atoms with Gasteiger partial charge in [0.1, 0.15) is 0 Å². The van der Waals surface area contributed by atoms with Crippen molar-refractivity contribution in [3.8, 4) is 0 Å². The first kappa shape index (κ1) is 6.59. The summed E-state index contributed by atoms with van der Waals surface area (Å²) in [5.41, 5.74) is 0. The van der Waals surface area contributed by atoms with Crippen molar-refractivity contribution in [2.24, 2.45) is 0 Å². The van der Waals surface area contributed by atoms with Gasteiger partial charge in [0.2, 0.25) is 5.91 Å². The lowest BCUT2D eigenvalue weighted by Crippen LogP contribution is -2.51. The summed E-state index contributed by atoms with van der Waals surface area (Å²) < 4.78 is 0. The molecule has 1 heterocycles. The molecule has 0 spiro atoms. The number of hydrogen-bond donors (Lipinski definition) is 0. The Hall–Kier alpha value is -0.530. The molecule has 1 aliphatic heterocycles. The van der Waals surface area contributed by atoms with E-state index < -0.39 is 0 Å². The molecule has 0 aromatic rings. The van der Waals surface area contributed by atoms with Gasteiger partial charge < -0.3 is 4.90 Å². The summed E-state index contributed by atoms with van der Waals surface area (Å²) in [4.78, 5) is 12.7. The summed E-state index contributed by atoms with van der Waals surface area (Å²) in [7, 11) is 0. The molecular weight excluding hydrogens is 114 g/mol. The average molecular weight is 127 g/mol. The van der Waals surface area contributed by atoms with Crippen molar-refractivity contribution in [3.05, 3.63) is 0 Å². The lowest BCUT2D eigenvalue weighted by Gasteiger charge is -2.39. The zero-order chi connectivity index (χ0) is 6.85. The van der Waals surface area contributed by atoms with Gasteiger partial charge in [-0.25, -0.2) is 0 Å². The summed E-state index contributed by atoms with van der Waals surface area (Å²) in [6.45, 7) is 5.04. The SMILES string of the molecule is CCC1CC(=O)N1CC. The van der Waals surface area contributed by atoms with Crippen LogP contribution in [0.5, 0.6) is 0 Å². The van der Waals surface area contributed by atoms with Crippen LogP contribution >= 0.6 is 0 Å². The topological polar surface area (TPSA) is 20.3 Å². The van der Waals surface area contributed by atoms with Crippen molar-refractivity contribution in [1.29, 1.82) is 0 Å². The van der Waals surface area contributed by atoms with Crippen LogP contribution < -0.4 is 0 Å². The molecule has 2 heteroatoms. The maximum atomic E-state index is 10.8. The number of rotatable bonds is 2. The Bertz CT molecular complexity index is 122. The third-order valence-corrected chi connectivity index (χ3v) is 1.98. The molecule has 0 bridgehead atoms. The summed E-state index contributed by atoms with van der Waals surface area (Å²) in [5, 5.41) is 0. The van der Waals surface area contributed by atoms with E-state index in [9.17, 15) is 4.79 Å². The number of carbonyl (C=O) groups is 1. The Labute approximate surface area is 55.8 Å². The molecule has 0 N–H and O–H groups in total. The molecule has 1 fully saturated rings. The van der Waals surface area contributed by atoms with Gasteiger partial charge in [0.05, 0.1) is 0 Å². The number of carbonyl (C=O) groups excluding carboxylic acids is 1. The van der Waals surface area contributed by atoms with Crippen LogP contribution in [0.2, 0.25) is 0 Å². The van der Waals surface area contributed by atoms with Crippen LogP contribution in [0.15, 0.2) is 0 Å². The van der Waals surface area contributed by atoms with Gasteiger partial charge in [0.25, 0.3) is 0 Å². The van der Waals surface area contributed by atoms with Crippen LogP contribution in [0.1, 0.15) is 26.7 Å². The van der Waals surface area contributed by atoms with E-state index >= 15 is 0 Å². The molecule has 0 radical (unpaired) electrons. The second-order valence-electron chi connectivity index (χ2n) is 2.45. The minimum atomic E-state index is 0.323.